The van der Waals surface area contributed by atoms with Gasteiger partial charge < -0.3 is 10.1 Å². The minimum atomic E-state index is -0.597. The molecule has 0 amide bonds. The van der Waals surface area contributed by atoms with Crippen LogP contribution in [0.4, 0.5) is 10.3 Å². The molecule has 154 valence electrons. The molecule has 4 heterocycles. The molecule has 2 unspecified atom stereocenters. The first kappa shape index (κ1) is 18.7. The Morgan fingerprint density at radius 3 is 2.74 bits per heavy atom. The molecule has 0 aliphatic carbocycles. The second kappa shape index (κ2) is 7.25. The van der Waals surface area contributed by atoms with Gasteiger partial charge in [0.1, 0.15) is 17.6 Å². The molecule has 5 nitrogen and oxygen atoms in total. The first-order chi connectivity index (χ1) is 15.2. The zero-order chi connectivity index (χ0) is 20.9. The molecule has 0 fully saturated rings. The summed E-state index contributed by atoms with van der Waals surface area (Å²) >= 11 is 3.13. The van der Waals surface area contributed by atoms with Crippen LogP contribution in [0.3, 0.4) is 0 Å². The fourth-order valence-electron chi connectivity index (χ4n) is 4.21. The van der Waals surface area contributed by atoms with Crippen LogP contribution in [-0.4, -0.2) is 21.0 Å². The molecule has 4 aromatic rings. The van der Waals surface area contributed by atoms with E-state index in [9.17, 15) is 4.39 Å². The average molecular weight is 449 g/mol. The Morgan fingerprint density at radius 1 is 1.10 bits per heavy atom. The number of para-hydroxylation sites is 1. The van der Waals surface area contributed by atoms with E-state index in [1.807, 2.05) is 52.7 Å². The third-order valence-electron chi connectivity index (χ3n) is 5.54. The number of hydrogen-bond acceptors (Lipinski definition) is 6. The average Bonchev–Trinajstić information content (AvgIpc) is 3.47. The largest absolute Gasteiger partial charge is 0.480 e. The molecule has 0 bridgehead atoms. The number of fused-ring (bicyclic) bond motifs is 3. The Kier molecular flexibility index (Phi) is 4.36. The molecule has 2 aliphatic heterocycles. The molecular weight excluding hydrogens is 431 g/mol. The summed E-state index contributed by atoms with van der Waals surface area (Å²) in [5.74, 6) is 1.09. The molecule has 2 aromatic heterocycles. The minimum absolute atomic E-state index is 0.252. The molecule has 2 aliphatic rings. The van der Waals surface area contributed by atoms with Crippen molar-refractivity contribution < 1.29 is 9.13 Å². The van der Waals surface area contributed by atoms with Crippen LogP contribution in [0.1, 0.15) is 28.1 Å². The van der Waals surface area contributed by atoms with Crippen LogP contribution in [0.15, 0.2) is 76.8 Å². The predicted molar refractivity (Wildman–Crippen MR) is 121 cm³/mol. The van der Waals surface area contributed by atoms with Gasteiger partial charge in [0, 0.05) is 21.6 Å². The van der Waals surface area contributed by atoms with Crippen LogP contribution < -0.4 is 10.1 Å². The van der Waals surface area contributed by atoms with Crippen molar-refractivity contribution >= 4 is 34.7 Å². The van der Waals surface area contributed by atoms with Crippen LogP contribution >= 0.6 is 23.1 Å². The van der Waals surface area contributed by atoms with Crippen molar-refractivity contribution in [2.75, 3.05) is 11.6 Å². The van der Waals surface area contributed by atoms with Crippen molar-refractivity contribution in [3.63, 3.8) is 0 Å². The number of thiophene rings is 1. The predicted octanol–water partition coefficient (Wildman–Crippen LogP) is 5.76. The zero-order valence-electron chi connectivity index (χ0n) is 16.4. The minimum Gasteiger partial charge on any atom is -0.480 e. The maximum absolute atomic E-state index is 15.0. The van der Waals surface area contributed by atoms with Crippen LogP contribution in [0.25, 0.3) is 5.70 Å². The smallest absolute Gasteiger partial charge is 0.227 e. The van der Waals surface area contributed by atoms with Crippen molar-refractivity contribution in [3.8, 4) is 5.75 Å². The second-order valence-corrected chi connectivity index (χ2v) is 9.01. The van der Waals surface area contributed by atoms with Crippen molar-refractivity contribution in [3.05, 3.63) is 93.4 Å². The molecule has 0 saturated heterocycles. The summed E-state index contributed by atoms with van der Waals surface area (Å²) in [4.78, 5) is 5.76. The maximum atomic E-state index is 15.0. The van der Waals surface area contributed by atoms with Gasteiger partial charge >= 0.3 is 0 Å². The van der Waals surface area contributed by atoms with Gasteiger partial charge in [-0.25, -0.2) is 9.07 Å². The molecule has 0 radical (unpaired) electrons. The van der Waals surface area contributed by atoms with Crippen molar-refractivity contribution in [1.82, 2.24) is 14.8 Å². The summed E-state index contributed by atoms with van der Waals surface area (Å²) in [5.41, 5.74) is 3.27. The second-order valence-electron chi connectivity index (χ2n) is 7.26. The summed E-state index contributed by atoms with van der Waals surface area (Å²) in [6, 6.07) is 18.5. The van der Waals surface area contributed by atoms with Crippen molar-refractivity contribution in [2.45, 2.75) is 17.3 Å². The van der Waals surface area contributed by atoms with E-state index >= 15 is 0 Å². The third kappa shape index (κ3) is 2.90. The van der Waals surface area contributed by atoms with Gasteiger partial charge in [-0.3, -0.25) is 0 Å². The molecule has 31 heavy (non-hydrogen) atoms. The van der Waals surface area contributed by atoms with Crippen LogP contribution in [0.5, 0.6) is 5.75 Å². The number of hydrogen-bond donors (Lipinski definition) is 1. The first-order valence-corrected chi connectivity index (χ1v) is 11.9. The Labute approximate surface area is 186 Å². The van der Waals surface area contributed by atoms with Gasteiger partial charge in [-0.1, -0.05) is 48.2 Å². The third-order valence-corrected chi connectivity index (χ3v) is 7.01. The number of thioether (sulfide) groups is 1. The molecule has 0 saturated carbocycles. The molecule has 0 spiro atoms. The van der Waals surface area contributed by atoms with Crippen molar-refractivity contribution in [1.29, 1.82) is 0 Å². The van der Waals surface area contributed by atoms with Gasteiger partial charge in [0.05, 0.1) is 5.70 Å². The normalized spacial score (nSPS) is 19.2. The van der Waals surface area contributed by atoms with E-state index in [1.54, 1.807) is 23.5 Å². The summed E-state index contributed by atoms with van der Waals surface area (Å²) in [6.07, 6.45) is 1.36. The summed E-state index contributed by atoms with van der Waals surface area (Å²) in [7, 11) is 0. The standard InChI is InChI=1S/C23H17FN4OS2/c1-30-23-26-22-25-19-14-8-3-5-10-16(14)29-21(13-7-2-4-9-15(13)24)18(19)20(28(22)27-23)17-11-6-12-31-17/h2-12,20-21H,1H3,(H,25,26,27). The van der Waals surface area contributed by atoms with Gasteiger partial charge in [0.15, 0.2) is 6.10 Å². The molecule has 2 aromatic carbocycles. The SMILES string of the molecule is CSc1nc2n(n1)C(c1cccs1)C1=C(N2)c2ccccc2OC1c1ccccc1F. The highest BCUT2D eigenvalue weighted by Gasteiger charge is 2.42. The van der Waals surface area contributed by atoms with Gasteiger partial charge in [-0.05, 0) is 35.9 Å². The highest BCUT2D eigenvalue weighted by atomic mass is 32.2. The lowest BCUT2D eigenvalue weighted by Gasteiger charge is -2.38. The monoisotopic (exact) mass is 448 g/mol. The van der Waals surface area contributed by atoms with E-state index in [-0.39, 0.29) is 11.9 Å². The van der Waals surface area contributed by atoms with E-state index in [1.165, 1.54) is 17.8 Å². The lowest BCUT2D eigenvalue weighted by molar-refractivity contribution is 0.218. The number of nitrogens with zero attached hydrogens (tertiary/aromatic N) is 3. The fourth-order valence-corrected chi connectivity index (χ4v) is 5.39. The van der Waals surface area contributed by atoms with Gasteiger partial charge in [-0.15, -0.1) is 16.4 Å². The van der Waals surface area contributed by atoms with Crippen molar-refractivity contribution in [2.24, 2.45) is 0 Å². The fraction of sp³-hybridized carbons (Fsp3) is 0.130. The summed E-state index contributed by atoms with van der Waals surface area (Å²) < 4.78 is 23.3. The Balaban J connectivity index is 1.65. The zero-order valence-corrected chi connectivity index (χ0v) is 18.1. The molecule has 8 heteroatoms. The van der Waals surface area contributed by atoms with Crippen LogP contribution in [0.2, 0.25) is 0 Å². The quantitative estimate of drug-likeness (QED) is 0.404. The lowest BCUT2D eigenvalue weighted by Crippen LogP contribution is -2.32. The van der Waals surface area contributed by atoms with Crippen LogP contribution in [0, 0.1) is 5.82 Å². The van der Waals surface area contributed by atoms with E-state index < -0.39 is 6.10 Å². The molecule has 1 N–H and O–H groups in total. The highest BCUT2D eigenvalue weighted by molar-refractivity contribution is 7.98. The van der Waals surface area contributed by atoms with Gasteiger partial charge in [-0.2, -0.15) is 4.98 Å². The molecular formula is C23H17FN4OS2. The van der Waals surface area contributed by atoms with Crippen LogP contribution in [-0.2, 0) is 0 Å². The number of benzene rings is 2. The number of aromatic nitrogens is 3. The number of halogens is 1. The van der Waals surface area contributed by atoms with E-state index in [0.29, 0.717) is 22.4 Å². The summed E-state index contributed by atoms with van der Waals surface area (Å²) in [6.45, 7) is 0. The first-order valence-electron chi connectivity index (χ1n) is 9.80. The Morgan fingerprint density at radius 2 is 1.94 bits per heavy atom. The number of anilines is 1. The Bertz CT molecular complexity index is 1310. The van der Waals surface area contributed by atoms with Gasteiger partial charge in [0.25, 0.3) is 0 Å². The summed E-state index contributed by atoms with van der Waals surface area (Å²) in [5, 5.41) is 10.9. The molecule has 6 rings (SSSR count). The van der Waals surface area contributed by atoms with Gasteiger partial charge in [0.2, 0.25) is 11.1 Å². The highest BCUT2D eigenvalue weighted by Crippen LogP contribution is 2.51. The lowest BCUT2D eigenvalue weighted by atomic mass is 9.87. The van der Waals surface area contributed by atoms with E-state index in [2.05, 4.69) is 16.4 Å². The number of rotatable bonds is 3. The molecule has 2 atom stereocenters. The Hall–Kier alpha value is -3.10. The number of ether oxygens (including phenoxy) is 1. The number of nitrogens with one attached hydrogen (secondary N) is 1. The van der Waals surface area contributed by atoms with E-state index in [4.69, 9.17) is 9.84 Å². The van der Waals surface area contributed by atoms with E-state index in [0.717, 1.165) is 21.7 Å². The topological polar surface area (TPSA) is 52.0 Å². The maximum Gasteiger partial charge on any atom is 0.227 e.